The van der Waals surface area contributed by atoms with Crippen LogP contribution in [0.1, 0.15) is 16.8 Å². The van der Waals surface area contributed by atoms with Crippen molar-refractivity contribution in [2.45, 2.75) is 27.0 Å². The molecule has 7 nitrogen and oxygen atoms in total. The number of fused-ring (bicyclic) bond motifs is 1. The van der Waals surface area contributed by atoms with E-state index in [0.29, 0.717) is 16.6 Å². The van der Waals surface area contributed by atoms with E-state index >= 15 is 0 Å². The van der Waals surface area contributed by atoms with Gasteiger partial charge in [-0.1, -0.05) is 48.5 Å². The Morgan fingerprint density at radius 1 is 1.03 bits per heavy atom. The highest BCUT2D eigenvalue weighted by atomic mass is 16.5. The summed E-state index contributed by atoms with van der Waals surface area (Å²) in [6.45, 7) is 3.63. The van der Waals surface area contributed by atoms with E-state index < -0.39 is 5.97 Å². The third-order valence-electron chi connectivity index (χ3n) is 4.73. The van der Waals surface area contributed by atoms with Gasteiger partial charge in [0.1, 0.15) is 18.7 Å². The monoisotopic (exact) mass is 388 g/mol. The maximum absolute atomic E-state index is 13.1. The van der Waals surface area contributed by atoms with Crippen molar-refractivity contribution in [1.82, 2.24) is 19.6 Å². The molecule has 0 fully saturated rings. The van der Waals surface area contributed by atoms with Crippen LogP contribution in [-0.4, -0.2) is 25.5 Å². The Balaban J connectivity index is 1.66. The number of hydrogen-bond acceptors (Lipinski definition) is 5. The Kier molecular flexibility index (Phi) is 4.95. The lowest BCUT2D eigenvalue weighted by Gasteiger charge is -2.10. The number of benzene rings is 2. The van der Waals surface area contributed by atoms with Gasteiger partial charge in [-0.2, -0.15) is 10.2 Å². The molecule has 29 heavy (non-hydrogen) atoms. The van der Waals surface area contributed by atoms with Crippen LogP contribution in [0, 0.1) is 13.8 Å². The summed E-state index contributed by atoms with van der Waals surface area (Å²) in [4.78, 5) is 25.4. The summed E-state index contributed by atoms with van der Waals surface area (Å²) in [5, 5.41) is 9.33. The first-order valence-corrected chi connectivity index (χ1v) is 9.25. The van der Waals surface area contributed by atoms with Crippen LogP contribution in [0.3, 0.4) is 0 Å². The lowest BCUT2D eigenvalue weighted by molar-refractivity contribution is -0.146. The summed E-state index contributed by atoms with van der Waals surface area (Å²) in [6.07, 6.45) is 1.63. The zero-order valence-corrected chi connectivity index (χ0v) is 16.2. The van der Waals surface area contributed by atoms with Crippen LogP contribution in [0.25, 0.3) is 16.6 Å². The summed E-state index contributed by atoms with van der Waals surface area (Å²) in [6, 6.07) is 17.1. The predicted molar refractivity (Wildman–Crippen MR) is 109 cm³/mol. The molecule has 0 radical (unpaired) electrons. The molecule has 146 valence electrons. The van der Waals surface area contributed by atoms with Crippen molar-refractivity contribution in [2.24, 2.45) is 0 Å². The van der Waals surface area contributed by atoms with E-state index in [4.69, 9.17) is 4.74 Å². The van der Waals surface area contributed by atoms with Crippen LogP contribution in [0.5, 0.6) is 0 Å². The molecule has 2 aromatic carbocycles. The fourth-order valence-corrected chi connectivity index (χ4v) is 3.22. The van der Waals surface area contributed by atoms with Gasteiger partial charge in [-0.3, -0.25) is 9.59 Å². The number of nitrogens with zero attached hydrogens (tertiary/aromatic N) is 4. The second-order valence-electron chi connectivity index (χ2n) is 6.80. The van der Waals surface area contributed by atoms with Crippen molar-refractivity contribution in [3.05, 3.63) is 88.0 Å². The highest BCUT2D eigenvalue weighted by molar-refractivity contribution is 5.81. The number of esters is 1. The Labute approximate surface area is 167 Å². The number of rotatable bonds is 5. The maximum atomic E-state index is 13.1. The van der Waals surface area contributed by atoms with E-state index in [2.05, 4.69) is 10.2 Å². The summed E-state index contributed by atoms with van der Waals surface area (Å²) >= 11 is 0. The summed E-state index contributed by atoms with van der Waals surface area (Å²) in [7, 11) is 0. The number of carbonyl (C=O) groups is 1. The first-order chi connectivity index (χ1) is 14.0. The number of para-hydroxylation sites is 1. The van der Waals surface area contributed by atoms with Gasteiger partial charge in [0.2, 0.25) is 0 Å². The van der Waals surface area contributed by atoms with E-state index in [0.717, 1.165) is 21.5 Å². The first kappa shape index (κ1) is 18.6. The van der Waals surface area contributed by atoms with Crippen molar-refractivity contribution in [3.8, 4) is 5.69 Å². The average Bonchev–Trinajstić information content (AvgIpc) is 3.17. The van der Waals surface area contributed by atoms with E-state index in [-0.39, 0.29) is 18.7 Å². The molecule has 0 unspecified atom stereocenters. The molecule has 4 rings (SSSR count). The minimum Gasteiger partial charge on any atom is -0.459 e. The van der Waals surface area contributed by atoms with Crippen LogP contribution in [0.2, 0.25) is 0 Å². The van der Waals surface area contributed by atoms with Crippen molar-refractivity contribution in [1.29, 1.82) is 0 Å². The molecule has 0 atom stereocenters. The minimum atomic E-state index is -0.524. The van der Waals surface area contributed by atoms with E-state index in [1.54, 1.807) is 17.8 Å². The highest BCUT2D eigenvalue weighted by Crippen LogP contribution is 2.19. The second kappa shape index (κ2) is 7.71. The van der Waals surface area contributed by atoms with E-state index in [1.165, 1.54) is 0 Å². The molecule has 0 spiro atoms. The summed E-state index contributed by atoms with van der Waals surface area (Å²) in [5.41, 5.74) is 3.30. The number of aromatic nitrogens is 4. The molecule has 4 aromatic rings. The molecule has 7 heteroatoms. The van der Waals surface area contributed by atoms with Crippen LogP contribution in [0.15, 0.2) is 65.6 Å². The fraction of sp³-hybridized carbons (Fsp3) is 0.182. The zero-order chi connectivity index (χ0) is 20.4. The van der Waals surface area contributed by atoms with Crippen LogP contribution >= 0.6 is 0 Å². The lowest BCUT2D eigenvalue weighted by atomic mass is 10.2. The van der Waals surface area contributed by atoms with Gasteiger partial charge in [-0.25, -0.2) is 9.36 Å². The molecule has 0 aliphatic carbocycles. The molecule has 0 amide bonds. The number of hydrogen-bond donors (Lipinski definition) is 0. The Hall–Kier alpha value is -3.74. The van der Waals surface area contributed by atoms with Gasteiger partial charge in [-0.05, 0) is 31.0 Å². The first-order valence-electron chi connectivity index (χ1n) is 9.25. The molecule has 2 heterocycles. The third-order valence-corrected chi connectivity index (χ3v) is 4.73. The number of carbonyl (C=O) groups excluding carboxylic acids is 1. The predicted octanol–water partition coefficient (Wildman–Crippen LogP) is 2.94. The molecule has 0 bridgehead atoms. The van der Waals surface area contributed by atoms with Gasteiger partial charge in [0, 0.05) is 5.39 Å². The largest absolute Gasteiger partial charge is 0.459 e. The topological polar surface area (TPSA) is 79.0 Å². The van der Waals surface area contributed by atoms with Gasteiger partial charge in [0.05, 0.1) is 17.6 Å². The fourth-order valence-electron chi connectivity index (χ4n) is 3.22. The standard InChI is InChI=1S/C22H20N4O3/c1-15-8-6-7-11-19(15)26-21-18(12-23-26)16(2)24-25(22(21)28)13-20(27)29-14-17-9-4-3-5-10-17/h3-12H,13-14H2,1-2H3. The van der Waals surface area contributed by atoms with Crippen molar-refractivity contribution < 1.29 is 9.53 Å². The van der Waals surface area contributed by atoms with Crippen LogP contribution in [-0.2, 0) is 22.7 Å². The molecular formula is C22H20N4O3. The van der Waals surface area contributed by atoms with Gasteiger partial charge >= 0.3 is 5.97 Å². The summed E-state index contributed by atoms with van der Waals surface area (Å²) in [5.74, 6) is -0.524. The number of aryl methyl sites for hydroxylation is 2. The van der Waals surface area contributed by atoms with Gasteiger partial charge in [0.25, 0.3) is 5.56 Å². The molecule has 0 aliphatic heterocycles. The van der Waals surface area contributed by atoms with E-state index in [9.17, 15) is 9.59 Å². The summed E-state index contributed by atoms with van der Waals surface area (Å²) < 4.78 is 8.04. The molecular weight excluding hydrogens is 368 g/mol. The average molecular weight is 388 g/mol. The van der Waals surface area contributed by atoms with Crippen LogP contribution in [0.4, 0.5) is 0 Å². The molecule has 0 aliphatic rings. The highest BCUT2D eigenvalue weighted by Gasteiger charge is 2.17. The Morgan fingerprint density at radius 2 is 1.76 bits per heavy atom. The van der Waals surface area contributed by atoms with Gasteiger partial charge in [-0.15, -0.1) is 0 Å². The lowest BCUT2D eigenvalue weighted by Crippen LogP contribution is -2.29. The van der Waals surface area contributed by atoms with Crippen molar-refractivity contribution >= 4 is 16.9 Å². The molecule has 0 saturated heterocycles. The third kappa shape index (κ3) is 3.67. The molecule has 2 aromatic heterocycles. The normalized spacial score (nSPS) is 11.0. The SMILES string of the molecule is Cc1ccccc1-n1ncc2c(C)nn(CC(=O)OCc3ccccc3)c(=O)c21. The maximum Gasteiger partial charge on any atom is 0.328 e. The minimum absolute atomic E-state index is 0.150. The van der Waals surface area contributed by atoms with Gasteiger partial charge in [0.15, 0.2) is 0 Å². The van der Waals surface area contributed by atoms with E-state index in [1.807, 2.05) is 61.5 Å². The van der Waals surface area contributed by atoms with Crippen molar-refractivity contribution in [2.75, 3.05) is 0 Å². The smallest absolute Gasteiger partial charge is 0.328 e. The zero-order valence-electron chi connectivity index (χ0n) is 16.2. The Bertz CT molecular complexity index is 1240. The van der Waals surface area contributed by atoms with Crippen LogP contribution < -0.4 is 5.56 Å². The van der Waals surface area contributed by atoms with Gasteiger partial charge < -0.3 is 4.74 Å². The molecule has 0 saturated carbocycles. The number of ether oxygens (including phenoxy) is 1. The van der Waals surface area contributed by atoms with Crippen molar-refractivity contribution in [3.63, 3.8) is 0 Å². The molecule has 0 N–H and O–H groups in total. The Morgan fingerprint density at radius 3 is 2.52 bits per heavy atom. The quantitative estimate of drug-likeness (QED) is 0.491. The second-order valence-corrected chi connectivity index (χ2v) is 6.80.